The molecule has 1 saturated heterocycles. The van der Waals surface area contributed by atoms with E-state index in [0.29, 0.717) is 25.4 Å². The minimum atomic E-state index is -3.05. The predicted octanol–water partition coefficient (Wildman–Crippen LogP) is 2.22. The summed E-state index contributed by atoms with van der Waals surface area (Å²) in [6.07, 6.45) is 6.38. The van der Waals surface area contributed by atoms with Gasteiger partial charge in [0.1, 0.15) is 5.82 Å². The summed E-state index contributed by atoms with van der Waals surface area (Å²) in [7, 11) is -1.33. The van der Waals surface area contributed by atoms with Crippen LogP contribution in [0.25, 0.3) is 0 Å². The Hall–Kier alpha value is -0.920. The van der Waals surface area contributed by atoms with Gasteiger partial charge in [-0.25, -0.2) is 17.7 Å². The molecule has 2 heterocycles. The van der Waals surface area contributed by atoms with E-state index < -0.39 is 10.0 Å². The Labute approximate surface area is 146 Å². The van der Waals surface area contributed by atoms with Gasteiger partial charge in [-0.1, -0.05) is 6.92 Å². The van der Waals surface area contributed by atoms with Gasteiger partial charge in [0.2, 0.25) is 10.0 Å². The highest BCUT2D eigenvalue weighted by molar-refractivity contribution is 7.89. The van der Waals surface area contributed by atoms with Crippen LogP contribution in [0.1, 0.15) is 44.1 Å². The lowest BCUT2D eigenvalue weighted by Crippen LogP contribution is -2.40. The van der Waals surface area contributed by atoms with E-state index in [0.717, 1.165) is 44.7 Å². The normalized spacial score (nSPS) is 17.5. The quantitative estimate of drug-likeness (QED) is 0.636. The Bertz CT molecular complexity index is 605. The van der Waals surface area contributed by atoms with Crippen LogP contribution in [-0.4, -0.2) is 54.8 Å². The highest BCUT2D eigenvalue weighted by Gasteiger charge is 2.28. The molecule has 0 atom stereocenters. The SMILES string of the molecule is CCCS(=O)(=O)N1CCC(Cc2ncc(C)n2CCCOC)CC1. The van der Waals surface area contributed by atoms with Gasteiger partial charge in [0, 0.05) is 51.7 Å². The van der Waals surface area contributed by atoms with E-state index in [4.69, 9.17) is 4.74 Å². The minimum Gasteiger partial charge on any atom is -0.385 e. The van der Waals surface area contributed by atoms with Crippen molar-refractivity contribution >= 4 is 10.0 Å². The Morgan fingerprint density at radius 3 is 2.67 bits per heavy atom. The molecule has 0 amide bonds. The summed E-state index contributed by atoms with van der Waals surface area (Å²) in [5, 5.41) is 0. The van der Waals surface area contributed by atoms with E-state index >= 15 is 0 Å². The number of sulfonamides is 1. The molecule has 24 heavy (non-hydrogen) atoms. The van der Waals surface area contributed by atoms with Gasteiger partial charge in [0.15, 0.2) is 0 Å². The van der Waals surface area contributed by atoms with Crippen molar-refractivity contribution in [3.63, 3.8) is 0 Å². The Kier molecular flexibility index (Phi) is 7.25. The van der Waals surface area contributed by atoms with Crippen LogP contribution in [0.5, 0.6) is 0 Å². The van der Waals surface area contributed by atoms with Crippen molar-refractivity contribution in [2.24, 2.45) is 5.92 Å². The summed E-state index contributed by atoms with van der Waals surface area (Å²) >= 11 is 0. The standard InChI is InChI=1S/C17H31N3O3S/c1-4-12-24(21,22)19-9-6-16(7-10-19)13-17-18-14-15(2)20(17)8-5-11-23-3/h14,16H,4-13H2,1-3H3. The summed E-state index contributed by atoms with van der Waals surface area (Å²) in [4.78, 5) is 4.58. The summed E-state index contributed by atoms with van der Waals surface area (Å²) in [5.74, 6) is 1.90. The number of hydrogen-bond donors (Lipinski definition) is 0. The van der Waals surface area contributed by atoms with Gasteiger partial charge in [-0.2, -0.15) is 0 Å². The predicted molar refractivity (Wildman–Crippen MR) is 95.5 cm³/mol. The van der Waals surface area contributed by atoms with Crippen molar-refractivity contribution in [3.05, 3.63) is 17.7 Å². The first kappa shape index (κ1) is 19.4. The molecule has 0 aliphatic carbocycles. The maximum atomic E-state index is 12.2. The number of methoxy groups -OCH3 is 1. The van der Waals surface area contributed by atoms with E-state index in [2.05, 4.69) is 16.5 Å². The third-order valence-electron chi connectivity index (χ3n) is 4.77. The number of aromatic nitrogens is 2. The average Bonchev–Trinajstić information content (AvgIpc) is 2.89. The second-order valence-corrected chi connectivity index (χ2v) is 8.76. The summed E-state index contributed by atoms with van der Waals surface area (Å²) in [6, 6.07) is 0. The molecule has 0 spiro atoms. The van der Waals surface area contributed by atoms with E-state index in [1.165, 1.54) is 5.69 Å². The fourth-order valence-corrected chi connectivity index (χ4v) is 4.92. The fraction of sp³-hybridized carbons (Fsp3) is 0.824. The first-order valence-electron chi connectivity index (χ1n) is 8.95. The Morgan fingerprint density at radius 2 is 2.04 bits per heavy atom. The topological polar surface area (TPSA) is 64.4 Å². The van der Waals surface area contributed by atoms with Crippen LogP contribution in [0.15, 0.2) is 6.20 Å². The molecule has 6 nitrogen and oxygen atoms in total. The summed E-state index contributed by atoms with van der Waals surface area (Å²) < 4.78 is 33.4. The second-order valence-electron chi connectivity index (χ2n) is 6.68. The van der Waals surface area contributed by atoms with Crippen LogP contribution in [0.3, 0.4) is 0 Å². The van der Waals surface area contributed by atoms with Crippen LogP contribution in [0.2, 0.25) is 0 Å². The van der Waals surface area contributed by atoms with Crippen molar-refractivity contribution in [1.82, 2.24) is 13.9 Å². The maximum absolute atomic E-state index is 12.2. The minimum absolute atomic E-state index is 0.265. The van der Waals surface area contributed by atoms with Crippen LogP contribution >= 0.6 is 0 Å². The molecule has 0 aromatic carbocycles. The lowest BCUT2D eigenvalue weighted by molar-refractivity contribution is 0.189. The maximum Gasteiger partial charge on any atom is 0.214 e. The zero-order valence-electron chi connectivity index (χ0n) is 15.2. The number of hydrogen-bond acceptors (Lipinski definition) is 4. The van der Waals surface area contributed by atoms with Gasteiger partial charge in [0.05, 0.1) is 5.75 Å². The molecule has 1 aliphatic heterocycles. The number of imidazole rings is 1. The zero-order valence-corrected chi connectivity index (χ0v) is 16.0. The summed E-state index contributed by atoms with van der Waals surface area (Å²) in [5.41, 5.74) is 1.18. The van der Waals surface area contributed by atoms with E-state index in [1.807, 2.05) is 13.1 Å². The van der Waals surface area contributed by atoms with Crippen LogP contribution < -0.4 is 0 Å². The van der Waals surface area contributed by atoms with E-state index in [-0.39, 0.29) is 5.75 Å². The Morgan fingerprint density at radius 1 is 1.33 bits per heavy atom. The second kappa shape index (κ2) is 8.97. The monoisotopic (exact) mass is 357 g/mol. The molecule has 1 aromatic heterocycles. The van der Waals surface area contributed by atoms with Crippen LogP contribution in [0, 0.1) is 12.8 Å². The first-order chi connectivity index (χ1) is 11.5. The molecule has 0 radical (unpaired) electrons. The molecule has 138 valence electrons. The smallest absolute Gasteiger partial charge is 0.214 e. The molecule has 0 bridgehead atoms. The number of ether oxygens (including phenoxy) is 1. The molecule has 0 saturated carbocycles. The molecule has 1 fully saturated rings. The third-order valence-corrected chi connectivity index (χ3v) is 6.84. The molecule has 7 heteroatoms. The van der Waals surface area contributed by atoms with Crippen molar-refractivity contribution in [3.8, 4) is 0 Å². The molecule has 2 rings (SSSR count). The average molecular weight is 358 g/mol. The molecule has 1 aliphatic rings. The molecular weight excluding hydrogens is 326 g/mol. The molecule has 0 unspecified atom stereocenters. The van der Waals surface area contributed by atoms with Crippen molar-refractivity contribution in [1.29, 1.82) is 0 Å². The number of piperidine rings is 1. The van der Waals surface area contributed by atoms with Crippen molar-refractivity contribution < 1.29 is 13.2 Å². The lowest BCUT2D eigenvalue weighted by Gasteiger charge is -2.31. The summed E-state index contributed by atoms with van der Waals surface area (Å²) in [6.45, 7) is 6.98. The van der Waals surface area contributed by atoms with Gasteiger partial charge >= 0.3 is 0 Å². The number of aryl methyl sites for hydroxylation is 1. The highest BCUT2D eigenvalue weighted by atomic mass is 32.2. The van der Waals surface area contributed by atoms with Crippen molar-refractivity contribution in [2.45, 2.75) is 52.5 Å². The van der Waals surface area contributed by atoms with Gasteiger partial charge in [-0.15, -0.1) is 0 Å². The van der Waals surface area contributed by atoms with Crippen LogP contribution in [-0.2, 0) is 27.7 Å². The molecule has 0 N–H and O–H groups in total. The van der Waals surface area contributed by atoms with E-state index in [1.54, 1.807) is 11.4 Å². The Balaban J connectivity index is 1.90. The van der Waals surface area contributed by atoms with E-state index in [9.17, 15) is 8.42 Å². The number of nitrogens with zero attached hydrogens (tertiary/aromatic N) is 3. The van der Waals surface area contributed by atoms with Gasteiger partial charge in [-0.3, -0.25) is 0 Å². The highest BCUT2D eigenvalue weighted by Crippen LogP contribution is 2.24. The van der Waals surface area contributed by atoms with Gasteiger partial charge in [0.25, 0.3) is 0 Å². The van der Waals surface area contributed by atoms with Crippen molar-refractivity contribution in [2.75, 3.05) is 32.6 Å². The number of rotatable bonds is 9. The zero-order chi connectivity index (χ0) is 17.6. The lowest BCUT2D eigenvalue weighted by atomic mass is 9.94. The van der Waals surface area contributed by atoms with Crippen LogP contribution in [0.4, 0.5) is 0 Å². The fourth-order valence-electron chi connectivity index (χ4n) is 3.38. The van der Waals surface area contributed by atoms with Gasteiger partial charge < -0.3 is 9.30 Å². The van der Waals surface area contributed by atoms with Gasteiger partial charge in [-0.05, 0) is 38.5 Å². The third kappa shape index (κ3) is 5.04. The first-order valence-corrected chi connectivity index (χ1v) is 10.6. The largest absolute Gasteiger partial charge is 0.385 e. The molecular formula is C17H31N3O3S. The molecule has 1 aromatic rings.